The van der Waals surface area contributed by atoms with Gasteiger partial charge >= 0.3 is 0 Å². The Kier molecular flexibility index (Phi) is 5.85. The summed E-state index contributed by atoms with van der Waals surface area (Å²) in [4.78, 5) is 0. The fourth-order valence-corrected chi connectivity index (χ4v) is 0.380. The van der Waals surface area contributed by atoms with Crippen molar-refractivity contribution in [1.82, 2.24) is 0 Å². The van der Waals surface area contributed by atoms with Crippen LogP contribution >= 0.6 is 0 Å². The molecule has 0 rings (SSSR count). The first kappa shape index (κ1) is 6.92. The highest BCUT2D eigenvalue weighted by molar-refractivity contribution is 4.63. The summed E-state index contributed by atoms with van der Waals surface area (Å²) in [6.07, 6.45) is 4.16. The van der Waals surface area contributed by atoms with Crippen LogP contribution in [0.5, 0.6) is 0 Å². The van der Waals surface area contributed by atoms with Crippen LogP contribution in [0, 0.1) is 6.42 Å². The molecule has 0 fully saturated rings. The molecule has 0 aromatic rings. The van der Waals surface area contributed by atoms with Gasteiger partial charge in [-0.2, -0.15) is 0 Å². The van der Waals surface area contributed by atoms with Gasteiger partial charge in [-0.15, -0.1) is 0 Å². The summed E-state index contributed by atoms with van der Waals surface area (Å²) >= 11 is 0. The summed E-state index contributed by atoms with van der Waals surface area (Å²) in [5, 5.41) is 0. The number of hydrogen-bond acceptors (Lipinski definition) is 2. The molecule has 0 aliphatic rings. The second kappa shape index (κ2) is 5.92. The topological polar surface area (TPSA) is 52.0 Å². The van der Waals surface area contributed by atoms with E-state index in [1.807, 2.05) is 6.42 Å². The van der Waals surface area contributed by atoms with E-state index in [0.717, 1.165) is 19.4 Å². The molecule has 0 aliphatic heterocycles. The summed E-state index contributed by atoms with van der Waals surface area (Å²) < 4.78 is 0. The molecule has 2 heteroatoms. The lowest BCUT2D eigenvalue weighted by Crippen LogP contribution is -2.02. The normalized spacial score (nSPS) is 9.43. The van der Waals surface area contributed by atoms with Gasteiger partial charge in [0.05, 0.1) is 0 Å². The van der Waals surface area contributed by atoms with Crippen molar-refractivity contribution in [1.29, 1.82) is 0 Å². The minimum atomic E-state index is 0.681. The van der Waals surface area contributed by atoms with E-state index >= 15 is 0 Å². The van der Waals surface area contributed by atoms with Gasteiger partial charge in [0.2, 0.25) is 0 Å². The van der Waals surface area contributed by atoms with Gasteiger partial charge in [-0.1, -0.05) is 0 Å². The van der Waals surface area contributed by atoms with Crippen LogP contribution in [-0.4, -0.2) is 13.1 Å². The van der Waals surface area contributed by atoms with E-state index in [2.05, 4.69) is 0 Å². The van der Waals surface area contributed by atoms with Crippen molar-refractivity contribution in [2.45, 2.75) is 12.8 Å². The number of rotatable bonds is 4. The molecular formula is C5H13N2. The molecule has 0 bridgehead atoms. The summed E-state index contributed by atoms with van der Waals surface area (Å²) in [6, 6.07) is 0. The van der Waals surface area contributed by atoms with Crippen molar-refractivity contribution in [3.63, 3.8) is 0 Å². The minimum Gasteiger partial charge on any atom is -0.330 e. The smallest absolute Gasteiger partial charge is 0.00457 e. The van der Waals surface area contributed by atoms with Crippen molar-refractivity contribution < 1.29 is 0 Å². The minimum absolute atomic E-state index is 0.681. The van der Waals surface area contributed by atoms with Gasteiger partial charge in [0.1, 0.15) is 0 Å². The van der Waals surface area contributed by atoms with Gasteiger partial charge in [-0.05, 0) is 32.4 Å². The zero-order chi connectivity index (χ0) is 5.54. The van der Waals surface area contributed by atoms with Crippen molar-refractivity contribution in [3.05, 3.63) is 6.42 Å². The second-order valence-corrected chi connectivity index (χ2v) is 1.46. The Morgan fingerprint density at radius 2 is 2.00 bits per heavy atom. The molecule has 0 heterocycles. The van der Waals surface area contributed by atoms with Gasteiger partial charge in [-0.3, -0.25) is 0 Å². The van der Waals surface area contributed by atoms with E-state index in [0.29, 0.717) is 6.54 Å². The molecular weight excluding hydrogens is 88.1 g/mol. The van der Waals surface area contributed by atoms with Crippen molar-refractivity contribution in [3.8, 4) is 0 Å². The van der Waals surface area contributed by atoms with Crippen LogP contribution in [0.1, 0.15) is 12.8 Å². The third-order valence-corrected chi connectivity index (χ3v) is 0.779. The lowest BCUT2D eigenvalue weighted by Gasteiger charge is -1.90. The highest BCUT2D eigenvalue weighted by atomic mass is 14.5. The quantitative estimate of drug-likeness (QED) is 0.485. The zero-order valence-corrected chi connectivity index (χ0v) is 4.56. The summed E-state index contributed by atoms with van der Waals surface area (Å²) in [7, 11) is 0. The molecule has 0 spiro atoms. The van der Waals surface area contributed by atoms with Crippen LogP contribution < -0.4 is 11.5 Å². The molecule has 7 heavy (non-hydrogen) atoms. The molecule has 2 nitrogen and oxygen atoms in total. The maximum atomic E-state index is 5.21. The Morgan fingerprint density at radius 3 is 2.43 bits per heavy atom. The molecule has 0 aromatic heterocycles. The first-order valence-corrected chi connectivity index (χ1v) is 2.63. The lowest BCUT2D eigenvalue weighted by atomic mass is 10.2. The van der Waals surface area contributed by atoms with Crippen LogP contribution in [0.3, 0.4) is 0 Å². The first-order chi connectivity index (χ1) is 3.41. The first-order valence-electron chi connectivity index (χ1n) is 2.63. The van der Waals surface area contributed by atoms with E-state index in [1.165, 1.54) is 0 Å². The van der Waals surface area contributed by atoms with Gasteiger partial charge in [-0.25, -0.2) is 0 Å². The largest absolute Gasteiger partial charge is 0.330 e. The van der Waals surface area contributed by atoms with Crippen LogP contribution in [0.4, 0.5) is 0 Å². The monoisotopic (exact) mass is 101 g/mol. The van der Waals surface area contributed by atoms with E-state index in [4.69, 9.17) is 11.5 Å². The Morgan fingerprint density at radius 1 is 1.29 bits per heavy atom. The van der Waals surface area contributed by atoms with Crippen LogP contribution in [-0.2, 0) is 0 Å². The summed E-state index contributed by atoms with van der Waals surface area (Å²) in [5.74, 6) is 0. The molecule has 0 amide bonds. The maximum Gasteiger partial charge on any atom is -0.00457 e. The molecule has 0 aromatic carbocycles. The number of nitrogens with two attached hydrogens (primary N) is 2. The van der Waals surface area contributed by atoms with E-state index in [1.54, 1.807) is 0 Å². The number of unbranched alkanes of at least 4 members (excludes halogenated alkanes) is 2. The molecule has 43 valence electrons. The average molecular weight is 101 g/mol. The standard InChI is InChI=1S/C5H13N2/c6-4-2-1-3-5-7/h2H,1,3-7H2. The van der Waals surface area contributed by atoms with Crippen LogP contribution in [0.15, 0.2) is 0 Å². The Balaban J connectivity index is 2.45. The summed E-state index contributed by atoms with van der Waals surface area (Å²) in [6.45, 7) is 1.45. The van der Waals surface area contributed by atoms with Crippen LogP contribution in [0.2, 0.25) is 0 Å². The Bertz CT molecular complexity index is 25.3. The molecule has 0 saturated heterocycles. The van der Waals surface area contributed by atoms with E-state index < -0.39 is 0 Å². The van der Waals surface area contributed by atoms with Gasteiger partial charge in [0, 0.05) is 0 Å². The fourth-order valence-electron chi connectivity index (χ4n) is 0.380. The molecule has 0 aliphatic carbocycles. The summed E-state index contributed by atoms with van der Waals surface area (Å²) in [5.41, 5.74) is 10.4. The van der Waals surface area contributed by atoms with E-state index in [-0.39, 0.29) is 0 Å². The lowest BCUT2D eigenvalue weighted by molar-refractivity contribution is 0.802. The highest BCUT2D eigenvalue weighted by Gasteiger charge is 1.80. The zero-order valence-electron chi connectivity index (χ0n) is 4.56. The maximum absolute atomic E-state index is 5.21. The second-order valence-electron chi connectivity index (χ2n) is 1.46. The molecule has 0 atom stereocenters. The van der Waals surface area contributed by atoms with Gasteiger partial charge in [0.15, 0.2) is 0 Å². The van der Waals surface area contributed by atoms with Gasteiger partial charge < -0.3 is 11.5 Å². The molecule has 0 unspecified atom stereocenters. The van der Waals surface area contributed by atoms with Gasteiger partial charge in [0.25, 0.3) is 0 Å². The Labute approximate surface area is 44.9 Å². The third kappa shape index (κ3) is 5.92. The highest BCUT2D eigenvalue weighted by Crippen LogP contribution is 1.86. The predicted molar refractivity (Wildman–Crippen MR) is 31.6 cm³/mol. The average Bonchev–Trinajstić information content (AvgIpc) is 1.69. The molecule has 4 N–H and O–H groups in total. The van der Waals surface area contributed by atoms with Crippen molar-refractivity contribution in [2.75, 3.05) is 13.1 Å². The number of hydrogen-bond donors (Lipinski definition) is 2. The third-order valence-electron chi connectivity index (χ3n) is 0.779. The fraction of sp³-hybridized carbons (Fsp3) is 0.800. The van der Waals surface area contributed by atoms with Crippen molar-refractivity contribution in [2.24, 2.45) is 11.5 Å². The van der Waals surface area contributed by atoms with Crippen LogP contribution in [0.25, 0.3) is 0 Å². The SMILES string of the molecule is NC[CH]CCCN. The molecule has 1 radical (unpaired) electrons. The molecule has 0 saturated carbocycles. The predicted octanol–water partition coefficient (Wildman–Crippen LogP) is -0.112. The van der Waals surface area contributed by atoms with E-state index in [9.17, 15) is 0 Å². The van der Waals surface area contributed by atoms with Crippen molar-refractivity contribution >= 4 is 0 Å². The Hall–Kier alpha value is -0.0800.